The molecule has 4 N–H and O–H groups in total. The lowest BCUT2D eigenvalue weighted by Crippen LogP contribution is -2.27. The maximum absolute atomic E-state index is 11.6. The molecule has 0 aliphatic carbocycles. The van der Waals surface area contributed by atoms with Crippen molar-refractivity contribution in [2.24, 2.45) is 5.73 Å². The van der Waals surface area contributed by atoms with Crippen molar-refractivity contribution in [2.75, 3.05) is 6.54 Å². The molecule has 1 rings (SSSR count). The third-order valence-electron chi connectivity index (χ3n) is 1.86. The molecule has 0 atom stereocenters. The fraction of sp³-hybridized carbons (Fsp3) is 0.200. The summed E-state index contributed by atoms with van der Waals surface area (Å²) in [5, 5.41) is 12.1. The van der Waals surface area contributed by atoms with Gasteiger partial charge in [-0.25, -0.2) is 0 Å². The van der Waals surface area contributed by atoms with E-state index in [1.54, 1.807) is 6.07 Å². The number of thiocarbonyl (C=S) groups is 1. The summed E-state index contributed by atoms with van der Waals surface area (Å²) in [6.07, 6.45) is 0.443. The average Bonchev–Trinajstić information content (AvgIpc) is 2.16. The second kappa shape index (κ2) is 5.81. The van der Waals surface area contributed by atoms with E-state index in [1.165, 1.54) is 12.1 Å². The smallest absolute Gasteiger partial charge is 0.255 e. The molecular formula is C10H11BrN2O2S. The van der Waals surface area contributed by atoms with E-state index in [4.69, 9.17) is 5.73 Å². The highest BCUT2D eigenvalue weighted by Gasteiger charge is 2.10. The Morgan fingerprint density at radius 2 is 2.25 bits per heavy atom. The van der Waals surface area contributed by atoms with Gasteiger partial charge < -0.3 is 16.2 Å². The zero-order chi connectivity index (χ0) is 12.1. The molecule has 1 amide bonds. The van der Waals surface area contributed by atoms with E-state index in [0.29, 0.717) is 22.4 Å². The van der Waals surface area contributed by atoms with Crippen molar-refractivity contribution in [3.05, 3.63) is 28.2 Å². The van der Waals surface area contributed by atoms with E-state index >= 15 is 0 Å². The van der Waals surface area contributed by atoms with Crippen LogP contribution in [-0.4, -0.2) is 22.5 Å². The molecule has 1 aromatic carbocycles. The molecule has 0 saturated heterocycles. The largest absolute Gasteiger partial charge is 0.507 e. The maximum atomic E-state index is 11.6. The minimum absolute atomic E-state index is 0.0674. The number of nitrogens with one attached hydrogen (secondary N) is 1. The first-order chi connectivity index (χ1) is 7.50. The first kappa shape index (κ1) is 12.9. The molecule has 0 spiro atoms. The van der Waals surface area contributed by atoms with Gasteiger partial charge in [0.1, 0.15) is 5.75 Å². The molecule has 0 saturated carbocycles. The number of rotatable bonds is 4. The first-order valence-electron chi connectivity index (χ1n) is 4.55. The van der Waals surface area contributed by atoms with Crippen LogP contribution < -0.4 is 11.1 Å². The molecule has 0 aliphatic rings. The highest BCUT2D eigenvalue weighted by Crippen LogP contribution is 2.21. The molecule has 16 heavy (non-hydrogen) atoms. The summed E-state index contributed by atoms with van der Waals surface area (Å²) in [6, 6.07) is 4.68. The molecule has 4 nitrogen and oxygen atoms in total. The first-order valence-corrected chi connectivity index (χ1v) is 5.76. The quantitative estimate of drug-likeness (QED) is 0.738. The summed E-state index contributed by atoms with van der Waals surface area (Å²) >= 11 is 7.87. The molecule has 0 radical (unpaired) electrons. The minimum atomic E-state index is -0.346. The topological polar surface area (TPSA) is 75.3 Å². The van der Waals surface area contributed by atoms with Gasteiger partial charge in [0.25, 0.3) is 5.91 Å². The Hall–Kier alpha value is -1.14. The normalized spacial score (nSPS) is 9.81. The number of carbonyl (C=O) groups is 1. The fourth-order valence-corrected chi connectivity index (χ4v) is 1.54. The van der Waals surface area contributed by atoms with Crippen molar-refractivity contribution >= 4 is 39.0 Å². The molecule has 0 heterocycles. The maximum Gasteiger partial charge on any atom is 0.255 e. The summed E-state index contributed by atoms with van der Waals surface area (Å²) < 4.78 is 0.713. The molecule has 1 aromatic rings. The second-order valence-corrected chi connectivity index (χ2v) is 4.57. The summed E-state index contributed by atoms with van der Waals surface area (Å²) in [4.78, 5) is 11.9. The lowest BCUT2D eigenvalue weighted by atomic mass is 10.2. The summed E-state index contributed by atoms with van der Waals surface area (Å²) in [7, 11) is 0. The monoisotopic (exact) mass is 302 g/mol. The number of amides is 1. The number of benzene rings is 1. The predicted octanol–water partition coefficient (Wildman–Crippen LogP) is 1.56. The Morgan fingerprint density at radius 3 is 2.81 bits per heavy atom. The van der Waals surface area contributed by atoms with Crippen LogP contribution >= 0.6 is 28.1 Å². The van der Waals surface area contributed by atoms with Gasteiger partial charge in [0.15, 0.2) is 0 Å². The zero-order valence-corrected chi connectivity index (χ0v) is 10.8. The fourth-order valence-electron chi connectivity index (χ4n) is 1.09. The Labute approximate surface area is 107 Å². The second-order valence-electron chi connectivity index (χ2n) is 3.13. The van der Waals surface area contributed by atoms with Crippen LogP contribution in [0.15, 0.2) is 22.7 Å². The number of phenols is 1. The molecule has 0 aromatic heterocycles. The van der Waals surface area contributed by atoms with Crippen LogP contribution in [0.5, 0.6) is 5.75 Å². The minimum Gasteiger partial charge on any atom is -0.507 e. The number of hydrogen-bond donors (Lipinski definition) is 3. The Bertz CT molecular complexity index is 423. The number of aromatic hydroxyl groups is 1. The van der Waals surface area contributed by atoms with E-state index in [0.717, 1.165) is 0 Å². The number of hydrogen-bond acceptors (Lipinski definition) is 3. The van der Waals surface area contributed by atoms with Gasteiger partial charge in [0.05, 0.1) is 10.6 Å². The summed E-state index contributed by atoms with van der Waals surface area (Å²) in [5.74, 6) is -0.413. The zero-order valence-electron chi connectivity index (χ0n) is 8.37. The highest BCUT2D eigenvalue weighted by molar-refractivity contribution is 9.10. The molecule has 0 unspecified atom stereocenters. The van der Waals surface area contributed by atoms with Gasteiger partial charge in [0, 0.05) is 17.4 Å². The highest BCUT2D eigenvalue weighted by atomic mass is 79.9. The van der Waals surface area contributed by atoms with Crippen molar-refractivity contribution in [1.29, 1.82) is 0 Å². The van der Waals surface area contributed by atoms with Crippen molar-refractivity contribution in [3.63, 3.8) is 0 Å². The van der Waals surface area contributed by atoms with Gasteiger partial charge in [-0.15, -0.1) is 0 Å². The van der Waals surface area contributed by atoms with Crippen LogP contribution in [0.2, 0.25) is 0 Å². The third kappa shape index (κ3) is 3.79. The molecule has 0 aliphatic heterocycles. The number of nitrogens with two attached hydrogens (primary N) is 1. The number of phenolic OH excluding ortho intramolecular Hbond substituents is 1. The van der Waals surface area contributed by atoms with E-state index in [-0.39, 0.29) is 17.2 Å². The van der Waals surface area contributed by atoms with Gasteiger partial charge in [-0.05, 0) is 18.2 Å². The van der Waals surface area contributed by atoms with Crippen LogP contribution in [0.4, 0.5) is 0 Å². The van der Waals surface area contributed by atoms with E-state index in [1.807, 2.05) is 0 Å². The molecular weight excluding hydrogens is 292 g/mol. The average molecular weight is 303 g/mol. The predicted molar refractivity (Wildman–Crippen MR) is 69.5 cm³/mol. The number of halogens is 1. The van der Waals surface area contributed by atoms with Gasteiger partial charge >= 0.3 is 0 Å². The summed E-state index contributed by atoms with van der Waals surface area (Å²) in [6.45, 7) is 0.365. The van der Waals surface area contributed by atoms with Gasteiger partial charge in [-0.1, -0.05) is 28.1 Å². The van der Waals surface area contributed by atoms with Crippen molar-refractivity contribution in [1.82, 2.24) is 5.32 Å². The van der Waals surface area contributed by atoms with Crippen molar-refractivity contribution in [2.45, 2.75) is 6.42 Å². The van der Waals surface area contributed by atoms with Gasteiger partial charge in [0.2, 0.25) is 0 Å². The molecule has 6 heteroatoms. The van der Waals surface area contributed by atoms with E-state index in [2.05, 4.69) is 33.5 Å². The van der Waals surface area contributed by atoms with Crippen LogP contribution in [0.1, 0.15) is 16.8 Å². The number of carbonyl (C=O) groups excluding carboxylic acids is 1. The lowest BCUT2D eigenvalue weighted by molar-refractivity contribution is 0.0952. The molecule has 0 bridgehead atoms. The molecule has 86 valence electrons. The SMILES string of the molecule is NC(=S)CCNC(=O)c1ccc(Br)cc1O. The van der Waals surface area contributed by atoms with Gasteiger partial charge in [-0.3, -0.25) is 4.79 Å². The molecule has 0 fully saturated rings. The Morgan fingerprint density at radius 1 is 1.56 bits per heavy atom. The van der Waals surface area contributed by atoms with Crippen LogP contribution in [-0.2, 0) is 0 Å². The standard InChI is InChI=1S/C10H11BrN2O2S/c11-6-1-2-7(8(14)5-6)10(15)13-4-3-9(12)16/h1-2,5,14H,3-4H2,(H2,12,16)(H,13,15). The summed E-state index contributed by atoms with van der Waals surface area (Å²) in [5.41, 5.74) is 5.52. The van der Waals surface area contributed by atoms with Crippen LogP contribution in [0, 0.1) is 0 Å². The van der Waals surface area contributed by atoms with Crippen LogP contribution in [0.25, 0.3) is 0 Å². The van der Waals surface area contributed by atoms with Crippen LogP contribution in [0.3, 0.4) is 0 Å². The Balaban J connectivity index is 2.63. The van der Waals surface area contributed by atoms with Crippen molar-refractivity contribution in [3.8, 4) is 5.75 Å². The Kier molecular flexibility index (Phi) is 4.70. The van der Waals surface area contributed by atoms with E-state index < -0.39 is 0 Å². The third-order valence-corrected chi connectivity index (χ3v) is 2.56. The van der Waals surface area contributed by atoms with Gasteiger partial charge in [-0.2, -0.15) is 0 Å². The lowest BCUT2D eigenvalue weighted by Gasteiger charge is -2.06. The van der Waals surface area contributed by atoms with E-state index in [9.17, 15) is 9.90 Å². The van der Waals surface area contributed by atoms with Crippen molar-refractivity contribution < 1.29 is 9.90 Å².